The Kier molecular flexibility index (Phi) is 7.42. The summed E-state index contributed by atoms with van der Waals surface area (Å²) in [6.45, 7) is 2.75. The van der Waals surface area contributed by atoms with Gasteiger partial charge >= 0.3 is 11.7 Å². The third-order valence-electron chi connectivity index (χ3n) is 3.76. The summed E-state index contributed by atoms with van der Waals surface area (Å²) in [6.07, 6.45) is 3.14. The van der Waals surface area contributed by atoms with Crippen molar-refractivity contribution >= 4 is 17.4 Å². The summed E-state index contributed by atoms with van der Waals surface area (Å²) in [5.41, 5.74) is 0.506. The molecule has 0 unspecified atom stereocenters. The third kappa shape index (κ3) is 6.18. The number of carbonyl (C=O) groups is 1. The summed E-state index contributed by atoms with van der Waals surface area (Å²) in [5, 5.41) is 16.5. The molecule has 0 radical (unpaired) electrons. The lowest BCUT2D eigenvalue weighted by atomic mass is 10.2. The first-order valence-electron chi connectivity index (χ1n) is 8.68. The number of unbranched alkanes of at least 4 members (excludes halogenated alkanes) is 2. The average molecular weight is 373 g/mol. The van der Waals surface area contributed by atoms with Crippen LogP contribution < -0.4 is 20.1 Å². The summed E-state index contributed by atoms with van der Waals surface area (Å²) in [4.78, 5) is 22.2. The van der Waals surface area contributed by atoms with Crippen molar-refractivity contribution in [2.75, 3.05) is 19.0 Å². The van der Waals surface area contributed by atoms with Crippen molar-refractivity contribution in [3.05, 3.63) is 52.6 Å². The standard InChI is InChI=1S/C19H23N3O5/c1-3-4-5-12-20-19(23)21-14-6-8-15(9-7-14)27-16-10-11-17(22(24)25)18(13-16)26-2/h6-11,13H,3-5,12H2,1-2H3,(H2,20,21,23). The molecule has 8 heteroatoms. The first-order valence-corrected chi connectivity index (χ1v) is 8.68. The summed E-state index contributed by atoms with van der Waals surface area (Å²) < 4.78 is 10.7. The van der Waals surface area contributed by atoms with Crippen LogP contribution in [0.3, 0.4) is 0 Å². The first-order chi connectivity index (χ1) is 13.0. The number of nitro benzene ring substituents is 1. The minimum atomic E-state index is -0.517. The van der Waals surface area contributed by atoms with Crippen LogP contribution in [0.5, 0.6) is 17.2 Å². The van der Waals surface area contributed by atoms with E-state index in [1.807, 2.05) is 0 Å². The summed E-state index contributed by atoms with van der Waals surface area (Å²) in [7, 11) is 1.36. The van der Waals surface area contributed by atoms with Gasteiger partial charge in [-0.1, -0.05) is 19.8 Å². The van der Waals surface area contributed by atoms with Gasteiger partial charge in [0.25, 0.3) is 0 Å². The van der Waals surface area contributed by atoms with Crippen molar-refractivity contribution in [3.63, 3.8) is 0 Å². The number of amides is 2. The fourth-order valence-corrected chi connectivity index (χ4v) is 2.37. The van der Waals surface area contributed by atoms with Gasteiger partial charge in [-0.25, -0.2) is 4.79 Å². The van der Waals surface area contributed by atoms with Gasteiger partial charge in [0.1, 0.15) is 11.5 Å². The molecule has 144 valence electrons. The van der Waals surface area contributed by atoms with Crippen molar-refractivity contribution in [1.82, 2.24) is 5.32 Å². The van der Waals surface area contributed by atoms with E-state index in [0.717, 1.165) is 19.3 Å². The number of nitrogens with zero attached hydrogens (tertiary/aromatic N) is 1. The van der Waals surface area contributed by atoms with Gasteiger partial charge in [0.15, 0.2) is 0 Å². The second kappa shape index (κ2) is 10.0. The Hall–Kier alpha value is -3.29. The van der Waals surface area contributed by atoms with Crippen LogP contribution in [-0.2, 0) is 0 Å². The molecule has 2 aromatic rings. The molecule has 2 aromatic carbocycles. The highest BCUT2D eigenvalue weighted by Crippen LogP contribution is 2.33. The molecular formula is C19H23N3O5. The molecule has 0 bridgehead atoms. The normalized spacial score (nSPS) is 10.1. The lowest BCUT2D eigenvalue weighted by Crippen LogP contribution is -2.29. The number of ether oxygens (including phenoxy) is 2. The maximum Gasteiger partial charge on any atom is 0.319 e. The Morgan fingerprint density at radius 1 is 1.11 bits per heavy atom. The monoisotopic (exact) mass is 373 g/mol. The highest BCUT2D eigenvalue weighted by molar-refractivity contribution is 5.89. The number of nitro groups is 1. The molecule has 0 aliphatic carbocycles. The van der Waals surface area contributed by atoms with Crippen molar-refractivity contribution in [2.45, 2.75) is 26.2 Å². The predicted molar refractivity (Wildman–Crippen MR) is 103 cm³/mol. The van der Waals surface area contributed by atoms with E-state index in [1.165, 1.54) is 25.3 Å². The molecule has 0 aromatic heterocycles. The molecule has 0 aliphatic heterocycles. The summed E-state index contributed by atoms with van der Waals surface area (Å²) >= 11 is 0. The number of methoxy groups -OCH3 is 1. The van der Waals surface area contributed by atoms with Crippen LogP contribution in [0.1, 0.15) is 26.2 Å². The summed E-state index contributed by atoms with van der Waals surface area (Å²) in [5.74, 6) is 1.06. The van der Waals surface area contributed by atoms with E-state index >= 15 is 0 Å². The maximum absolute atomic E-state index is 11.8. The second-order valence-electron chi connectivity index (χ2n) is 5.81. The average Bonchev–Trinajstić information content (AvgIpc) is 2.66. The molecule has 0 saturated heterocycles. The molecule has 27 heavy (non-hydrogen) atoms. The van der Waals surface area contributed by atoms with Crippen LogP contribution in [0.2, 0.25) is 0 Å². The molecule has 0 spiro atoms. The van der Waals surface area contributed by atoms with E-state index in [0.29, 0.717) is 23.7 Å². The molecule has 8 nitrogen and oxygen atoms in total. The predicted octanol–water partition coefficient (Wildman–Crippen LogP) is 4.71. The Bertz CT molecular complexity index is 777. The topological polar surface area (TPSA) is 103 Å². The van der Waals surface area contributed by atoms with E-state index < -0.39 is 4.92 Å². The Labute approximate surface area is 157 Å². The fraction of sp³-hybridized carbons (Fsp3) is 0.316. The Morgan fingerprint density at radius 2 is 1.81 bits per heavy atom. The number of benzene rings is 2. The first kappa shape index (κ1) is 20.0. The maximum atomic E-state index is 11.8. The number of hydrogen-bond acceptors (Lipinski definition) is 5. The number of hydrogen-bond donors (Lipinski definition) is 2. The van der Waals surface area contributed by atoms with Crippen LogP contribution in [0, 0.1) is 10.1 Å². The van der Waals surface area contributed by atoms with Gasteiger partial charge in [-0.15, -0.1) is 0 Å². The highest BCUT2D eigenvalue weighted by atomic mass is 16.6. The number of carbonyl (C=O) groups excluding carboxylic acids is 1. The number of nitrogens with one attached hydrogen (secondary N) is 2. The van der Waals surface area contributed by atoms with Gasteiger partial charge in [0, 0.05) is 24.4 Å². The van der Waals surface area contributed by atoms with Gasteiger partial charge < -0.3 is 20.1 Å². The minimum Gasteiger partial charge on any atom is -0.490 e. The SMILES string of the molecule is CCCCCNC(=O)Nc1ccc(Oc2ccc([N+](=O)[O-])c(OC)c2)cc1. The molecule has 2 amide bonds. The zero-order valence-corrected chi connectivity index (χ0v) is 15.4. The van der Waals surface area contributed by atoms with Crippen LogP contribution >= 0.6 is 0 Å². The molecule has 0 fully saturated rings. The van der Waals surface area contributed by atoms with Crippen LogP contribution in [0.4, 0.5) is 16.2 Å². The quantitative estimate of drug-likeness (QED) is 0.376. The van der Waals surface area contributed by atoms with Gasteiger partial charge in [0.2, 0.25) is 5.75 Å². The Morgan fingerprint density at radius 3 is 2.44 bits per heavy atom. The minimum absolute atomic E-state index is 0.121. The fourth-order valence-electron chi connectivity index (χ4n) is 2.37. The van der Waals surface area contributed by atoms with Crippen LogP contribution in [0.15, 0.2) is 42.5 Å². The smallest absolute Gasteiger partial charge is 0.319 e. The van der Waals surface area contributed by atoms with E-state index in [9.17, 15) is 14.9 Å². The lowest BCUT2D eigenvalue weighted by Gasteiger charge is -2.10. The largest absolute Gasteiger partial charge is 0.490 e. The number of rotatable bonds is 9. The van der Waals surface area contributed by atoms with Crippen molar-refractivity contribution < 1.29 is 19.2 Å². The molecule has 0 aliphatic rings. The molecule has 0 atom stereocenters. The molecular weight excluding hydrogens is 350 g/mol. The lowest BCUT2D eigenvalue weighted by molar-refractivity contribution is -0.385. The van der Waals surface area contributed by atoms with E-state index in [-0.39, 0.29) is 17.5 Å². The zero-order chi connectivity index (χ0) is 19.6. The van der Waals surface area contributed by atoms with Gasteiger partial charge in [0.05, 0.1) is 12.0 Å². The number of anilines is 1. The second-order valence-corrected chi connectivity index (χ2v) is 5.81. The van der Waals surface area contributed by atoms with Gasteiger partial charge in [-0.3, -0.25) is 10.1 Å². The summed E-state index contributed by atoms with van der Waals surface area (Å²) in [6, 6.07) is 10.8. The van der Waals surface area contributed by atoms with E-state index in [4.69, 9.17) is 9.47 Å². The molecule has 0 heterocycles. The van der Waals surface area contributed by atoms with Gasteiger partial charge in [-0.05, 0) is 36.8 Å². The van der Waals surface area contributed by atoms with Gasteiger partial charge in [-0.2, -0.15) is 0 Å². The highest BCUT2D eigenvalue weighted by Gasteiger charge is 2.15. The zero-order valence-electron chi connectivity index (χ0n) is 15.4. The molecule has 0 saturated carbocycles. The van der Waals surface area contributed by atoms with Crippen molar-refractivity contribution in [3.8, 4) is 17.2 Å². The van der Waals surface area contributed by atoms with Crippen LogP contribution in [0.25, 0.3) is 0 Å². The molecule has 2 rings (SSSR count). The van der Waals surface area contributed by atoms with Crippen molar-refractivity contribution in [2.24, 2.45) is 0 Å². The molecule has 2 N–H and O–H groups in total. The van der Waals surface area contributed by atoms with E-state index in [2.05, 4.69) is 17.6 Å². The third-order valence-corrected chi connectivity index (χ3v) is 3.76. The number of urea groups is 1. The van der Waals surface area contributed by atoms with Crippen LogP contribution in [-0.4, -0.2) is 24.6 Å². The van der Waals surface area contributed by atoms with E-state index in [1.54, 1.807) is 24.3 Å². The van der Waals surface area contributed by atoms with Crippen molar-refractivity contribution in [1.29, 1.82) is 0 Å². The Balaban J connectivity index is 1.93.